The Labute approximate surface area is 181 Å². The monoisotopic (exact) mass is 440 g/mol. The number of hydrogen-bond acceptors (Lipinski definition) is 6. The van der Waals surface area contributed by atoms with E-state index in [-0.39, 0.29) is 0 Å². The summed E-state index contributed by atoms with van der Waals surface area (Å²) in [6.07, 6.45) is 2.63. The summed E-state index contributed by atoms with van der Waals surface area (Å²) in [5.41, 5.74) is 5.10. The van der Waals surface area contributed by atoms with Crippen LogP contribution in [0.15, 0.2) is 36.5 Å². The number of rotatable bonds is 4. The summed E-state index contributed by atoms with van der Waals surface area (Å²) in [6.45, 7) is 5.59. The normalized spacial score (nSPS) is 17.3. The van der Waals surface area contributed by atoms with Crippen molar-refractivity contribution in [3.05, 3.63) is 53.3 Å². The van der Waals surface area contributed by atoms with Crippen LogP contribution < -0.4 is 18.7 Å². The number of aryl methyl sites for hydroxylation is 2. The number of fused-ring (bicyclic) bond motifs is 1. The third-order valence-electron chi connectivity index (χ3n) is 5.71. The van der Waals surface area contributed by atoms with Crippen molar-refractivity contribution in [3.8, 4) is 11.4 Å². The molecule has 5 rings (SSSR count). The molecule has 31 heavy (non-hydrogen) atoms. The molecule has 2 aliphatic rings. The molecule has 2 aliphatic heterocycles. The van der Waals surface area contributed by atoms with Crippen LogP contribution in [-0.2, 0) is 16.6 Å². The van der Waals surface area contributed by atoms with Crippen molar-refractivity contribution in [2.75, 3.05) is 35.9 Å². The van der Waals surface area contributed by atoms with Gasteiger partial charge in [-0.05, 0) is 50.1 Å². The number of nitrogens with zero attached hydrogens (tertiary/aromatic N) is 5. The smallest absolute Gasteiger partial charge is 0.302 e. The fourth-order valence-electron chi connectivity index (χ4n) is 4.25. The summed E-state index contributed by atoms with van der Waals surface area (Å²) < 4.78 is 35.2. The Balaban J connectivity index is 1.55. The summed E-state index contributed by atoms with van der Waals surface area (Å²) >= 11 is 0. The zero-order valence-corrected chi connectivity index (χ0v) is 18.5. The van der Waals surface area contributed by atoms with E-state index in [2.05, 4.69) is 27.7 Å². The summed E-state index contributed by atoms with van der Waals surface area (Å²) in [5.74, 6) is 2.15. The maximum Gasteiger partial charge on any atom is 0.302 e. The molecule has 1 saturated heterocycles. The van der Waals surface area contributed by atoms with Gasteiger partial charge >= 0.3 is 10.2 Å². The van der Waals surface area contributed by atoms with Crippen molar-refractivity contribution >= 4 is 27.5 Å². The standard InChI is InChI=1S/C21H24N6O3S/c1-14-12-16(30-3)4-5-18(14)25-9-6-17-19(13-15(2)23-21(17)25)26-10-7-20(24-26)27-11-8-22-31(27,28)29/h4-5,7,10,12-13,22H,6,8-9,11H2,1-3H3. The highest BCUT2D eigenvalue weighted by Crippen LogP contribution is 2.39. The molecule has 0 spiro atoms. The highest BCUT2D eigenvalue weighted by Gasteiger charge is 2.31. The Bertz CT molecular complexity index is 1270. The van der Waals surface area contributed by atoms with Gasteiger partial charge in [0, 0.05) is 42.3 Å². The first-order valence-electron chi connectivity index (χ1n) is 10.1. The first-order chi connectivity index (χ1) is 14.9. The van der Waals surface area contributed by atoms with E-state index in [0.29, 0.717) is 18.9 Å². The van der Waals surface area contributed by atoms with Gasteiger partial charge in [0.05, 0.1) is 19.3 Å². The molecule has 10 heteroatoms. The first-order valence-corrected chi connectivity index (χ1v) is 11.6. The van der Waals surface area contributed by atoms with Crippen LogP contribution in [0.1, 0.15) is 16.8 Å². The largest absolute Gasteiger partial charge is 0.497 e. The molecular weight excluding hydrogens is 416 g/mol. The fourth-order valence-corrected chi connectivity index (χ4v) is 5.43. The Hall–Kier alpha value is -3.11. The van der Waals surface area contributed by atoms with Gasteiger partial charge in [0.25, 0.3) is 0 Å². The van der Waals surface area contributed by atoms with Crippen LogP contribution in [0.5, 0.6) is 5.75 Å². The van der Waals surface area contributed by atoms with E-state index in [4.69, 9.17) is 9.72 Å². The average molecular weight is 441 g/mol. The molecule has 9 nitrogen and oxygen atoms in total. The number of anilines is 3. The topological polar surface area (TPSA) is 92.6 Å². The Morgan fingerprint density at radius 2 is 1.94 bits per heavy atom. The predicted octanol–water partition coefficient (Wildman–Crippen LogP) is 2.24. The second kappa shape index (κ2) is 7.24. The van der Waals surface area contributed by atoms with Gasteiger partial charge < -0.3 is 9.64 Å². The van der Waals surface area contributed by atoms with Crippen LogP contribution in [0.4, 0.5) is 17.3 Å². The van der Waals surface area contributed by atoms with Crippen molar-refractivity contribution in [1.82, 2.24) is 19.5 Å². The van der Waals surface area contributed by atoms with Crippen LogP contribution in [0.25, 0.3) is 5.69 Å². The lowest BCUT2D eigenvalue weighted by Crippen LogP contribution is -2.29. The summed E-state index contributed by atoms with van der Waals surface area (Å²) in [4.78, 5) is 7.05. The third-order valence-corrected chi connectivity index (χ3v) is 7.23. The number of hydrogen-bond donors (Lipinski definition) is 1. The minimum atomic E-state index is -3.51. The van der Waals surface area contributed by atoms with Crippen LogP contribution in [-0.4, -0.2) is 49.9 Å². The van der Waals surface area contributed by atoms with E-state index >= 15 is 0 Å². The molecule has 1 fully saturated rings. The molecule has 0 amide bonds. The Morgan fingerprint density at radius 1 is 1.10 bits per heavy atom. The SMILES string of the molecule is COc1ccc(N2CCc3c(-n4ccc(N5CCNS5(=O)=O)n4)cc(C)nc32)c(C)c1. The van der Waals surface area contributed by atoms with Crippen molar-refractivity contribution in [1.29, 1.82) is 0 Å². The molecule has 162 valence electrons. The van der Waals surface area contributed by atoms with Gasteiger partial charge in [-0.15, -0.1) is 5.10 Å². The second-order valence-electron chi connectivity index (χ2n) is 7.73. The highest BCUT2D eigenvalue weighted by molar-refractivity contribution is 7.91. The van der Waals surface area contributed by atoms with Gasteiger partial charge in [-0.3, -0.25) is 0 Å². The van der Waals surface area contributed by atoms with E-state index < -0.39 is 10.2 Å². The van der Waals surface area contributed by atoms with Gasteiger partial charge in [0.15, 0.2) is 5.82 Å². The second-order valence-corrected chi connectivity index (χ2v) is 9.41. The number of nitrogens with one attached hydrogen (secondary N) is 1. The number of benzene rings is 1. The quantitative estimate of drug-likeness (QED) is 0.669. The van der Waals surface area contributed by atoms with Gasteiger partial charge in [-0.25, -0.2) is 14.0 Å². The fraction of sp³-hybridized carbons (Fsp3) is 0.333. The van der Waals surface area contributed by atoms with Gasteiger partial charge in [-0.2, -0.15) is 13.1 Å². The van der Waals surface area contributed by atoms with Gasteiger partial charge in [0.1, 0.15) is 11.6 Å². The van der Waals surface area contributed by atoms with E-state index in [1.165, 1.54) is 4.31 Å². The molecule has 0 aliphatic carbocycles. The van der Waals surface area contributed by atoms with Crippen molar-refractivity contribution in [2.45, 2.75) is 20.3 Å². The number of pyridine rings is 1. The Morgan fingerprint density at radius 3 is 2.65 bits per heavy atom. The average Bonchev–Trinajstić information content (AvgIpc) is 3.45. The van der Waals surface area contributed by atoms with Crippen molar-refractivity contribution in [3.63, 3.8) is 0 Å². The maximum atomic E-state index is 12.2. The number of ether oxygens (including phenoxy) is 1. The first kappa shape index (κ1) is 19.8. The lowest BCUT2D eigenvalue weighted by molar-refractivity contribution is 0.414. The van der Waals surface area contributed by atoms with Crippen LogP contribution in [0.3, 0.4) is 0 Å². The Kier molecular flexibility index (Phi) is 4.63. The minimum absolute atomic E-state index is 0.372. The molecule has 0 bridgehead atoms. The molecular formula is C21H24N6O3S. The predicted molar refractivity (Wildman–Crippen MR) is 119 cm³/mol. The van der Waals surface area contributed by atoms with Crippen molar-refractivity contribution < 1.29 is 13.2 Å². The molecule has 2 aromatic heterocycles. The minimum Gasteiger partial charge on any atom is -0.497 e. The molecule has 0 atom stereocenters. The summed E-state index contributed by atoms with van der Waals surface area (Å²) in [6, 6.07) is 9.77. The molecule has 0 radical (unpaired) electrons. The molecule has 1 aromatic carbocycles. The molecule has 1 N–H and O–H groups in total. The van der Waals surface area contributed by atoms with E-state index in [1.54, 1.807) is 24.1 Å². The highest BCUT2D eigenvalue weighted by atomic mass is 32.2. The molecule has 0 unspecified atom stereocenters. The van der Waals surface area contributed by atoms with Crippen LogP contribution >= 0.6 is 0 Å². The van der Waals surface area contributed by atoms with Gasteiger partial charge in [0.2, 0.25) is 0 Å². The van der Waals surface area contributed by atoms with Crippen LogP contribution in [0, 0.1) is 13.8 Å². The number of methoxy groups -OCH3 is 1. The van der Waals surface area contributed by atoms with Gasteiger partial charge in [-0.1, -0.05) is 0 Å². The third kappa shape index (κ3) is 3.31. The number of aromatic nitrogens is 3. The maximum absolute atomic E-state index is 12.2. The summed E-state index contributed by atoms with van der Waals surface area (Å²) in [7, 11) is -1.84. The lowest BCUT2D eigenvalue weighted by atomic mass is 10.1. The van der Waals surface area contributed by atoms with E-state index in [9.17, 15) is 8.42 Å². The van der Waals surface area contributed by atoms with E-state index in [1.807, 2.05) is 25.1 Å². The zero-order chi connectivity index (χ0) is 21.8. The lowest BCUT2D eigenvalue weighted by Gasteiger charge is -2.22. The van der Waals surface area contributed by atoms with Crippen LogP contribution in [0.2, 0.25) is 0 Å². The molecule has 0 saturated carbocycles. The van der Waals surface area contributed by atoms with Crippen molar-refractivity contribution in [2.24, 2.45) is 0 Å². The molecule has 4 heterocycles. The zero-order valence-electron chi connectivity index (χ0n) is 17.7. The molecule has 3 aromatic rings. The van der Waals surface area contributed by atoms with E-state index in [0.717, 1.165) is 52.7 Å². The summed E-state index contributed by atoms with van der Waals surface area (Å²) in [5, 5.41) is 4.58.